The maximum absolute atomic E-state index is 12.5. The van der Waals surface area contributed by atoms with Gasteiger partial charge in [0.15, 0.2) is 0 Å². The molecular weight excluding hydrogens is 340 g/mol. The molecule has 3 aromatic rings. The zero-order chi connectivity index (χ0) is 19.4. The van der Waals surface area contributed by atoms with E-state index in [-0.39, 0.29) is 11.4 Å². The van der Waals surface area contributed by atoms with E-state index in [1.54, 1.807) is 36.5 Å². The second-order valence-corrected chi connectivity index (χ2v) is 7.13. The molecule has 0 aliphatic rings. The fourth-order valence-corrected chi connectivity index (χ4v) is 2.42. The van der Waals surface area contributed by atoms with E-state index in [0.29, 0.717) is 34.4 Å². The molecular formula is C20H22N6O. The highest BCUT2D eigenvalue weighted by Gasteiger charge is 2.15. The van der Waals surface area contributed by atoms with Crippen LogP contribution in [0.5, 0.6) is 0 Å². The van der Waals surface area contributed by atoms with Gasteiger partial charge in [0, 0.05) is 29.1 Å². The molecule has 3 rings (SSSR count). The van der Waals surface area contributed by atoms with E-state index >= 15 is 0 Å². The van der Waals surface area contributed by atoms with E-state index in [2.05, 4.69) is 25.6 Å². The molecule has 4 N–H and O–H groups in total. The first-order valence-corrected chi connectivity index (χ1v) is 8.56. The van der Waals surface area contributed by atoms with Crippen LogP contribution in [0.3, 0.4) is 0 Å². The monoisotopic (exact) mass is 362 g/mol. The van der Waals surface area contributed by atoms with Crippen molar-refractivity contribution in [2.75, 3.05) is 16.4 Å². The first-order chi connectivity index (χ1) is 12.8. The third-order valence-corrected chi connectivity index (χ3v) is 3.53. The first-order valence-electron chi connectivity index (χ1n) is 8.56. The van der Waals surface area contributed by atoms with Gasteiger partial charge in [-0.1, -0.05) is 12.1 Å². The molecule has 0 radical (unpaired) electrons. The minimum absolute atomic E-state index is 0.238. The lowest BCUT2D eigenvalue weighted by molar-refractivity contribution is 0.102. The molecule has 0 unspecified atom stereocenters. The number of hydrogen-bond acceptors (Lipinski definition) is 6. The fraction of sp³-hybridized carbons (Fsp3) is 0.200. The van der Waals surface area contributed by atoms with Crippen molar-refractivity contribution in [2.45, 2.75) is 26.3 Å². The minimum atomic E-state index is -0.297. The topological polar surface area (TPSA) is 106 Å². The van der Waals surface area contributed by atoms with Gasteiger partial charge >= 0.3 is 0 Å². The van der Waals surface area contributed by atoms with Gasteiger partial charge in [0.2, 0.25) is 5.95 Å². The zero-order valence-corrected chi connectivity index (χ0v) is 15.5. The van der Waals surface area contributed by atoms with Crippen LogP contribution in [0.25, 0.3) is 11.4 Å². The van der Waals surface area contributed by atoms with Crippen molar-refractivity contribution in [1.82, 2.24) is 15.0 Å². The molecule has 0 fully saturated rings. The number of rotatable bonds is 4. The van der Waals surface area contributed by atoms with Crippen LogP contribution in [-0.2, 0) is 0 Å². The molecule has 2 aromatic heterocycles. The number of nitrogens with zero attached hydrogens (tertiary/aromatic N) is 3. The van der Waals surface area contributed by atoms with Gasteiger partial charge in [0.05, 0.1) is 11.4 Å². The van der Waals surface area contributed by atoms with Crippen LogP contribution in [0.1, 0.15) is 31.1 Å². The molecule has 1 aromatic carbocycles. The van der Waals surface area contributed by atoms with Crippen molar-refractivity contribution in [3.63, 3.8) is 0 Å². The van der Waals surface area contributed by atoms with Crippen LogP contribution in [0.2, 0.25) is 0 Å². The second kappa shape index (κ2) is 7.41. The molecule has 0 bridgehead atoms. The Bertz CT molecular complexity index is 950. The summed E-state index contributed by atoms with van der Waals surface area (Å²) in [5.74, 6) is 0.494. The van der Waals surface area contributed by atoms with E-state index < -0.39 is 0 Å². The zero-order valence-electron chi connectivity index (χ0n) is 15.5. The second-order valence-electron chi connectivity index (χ2n) is 7.13. The van der Waals surface area contributed by atoms with Crippen LogP contribution in [-0.4, -0.2) is 26.4 Å². The maximum atomic E-state index is 12.5. The minimum Gasteiger partial charge on any atom is -0.399 e. The van der Waals surface area contributed by atoms with Crippen LogP contribution >= 0.6 is 0 Å². The standard InChI is InChI=1S/C20H22N6O/c1-20(2,3)26-19-23-16(15-9-4-5-10-22-15)12-17(25-19)24-18(27)13-7-6-8-14(21)11-13/h4-12H,21H2,1-3H3,(H2,23,24,25,26,27). The molecule has 27 heavy (non-hydrogen) atoms. The Morgan fingerprint density at radius 1 is 1.00 bits per heavy atom. The van der Waals surface area contributed by atoms with Crippen LogP contribution in [0, 0.1) is 0 Å². The average molecular weight is 362 g/mol. The fourth-order valence-electron chi connectivity index (χ4n) is 2.42. The smallest absolute Gasteiger partial charge is 0.256 e. The van der Waals surface area contributed by atoms with E-state index in [1.807, 2.05) is 39.0 Å². The first kappa shape index (κ1) is 18.3. The van der Waals surface area contributed by atoms with Crippen molar-refractivity contribution in [3.05, 3.63) is 60.3 Å². The number of hydrogen-bond donors (Lipinski definition) is 3. The molecule has 138 valence electrons. The summed E-state index contributed by atoms with van der Waals surface area (Å²) in [5.41, 5.74) is 7.80. The summed E-state index contributed by atoms with van der Waals surface area (Å²) < 4.78 is 0. The van der Waals surface area contributed by atoms with Gasteiger partial charge in [-0.25, -0.2) is 4.98 Å². The SMILES string of the molecule is CC(C)(C)Nc1nc(NC(=O)c2cccc(N)c2)cc(-c2ccccn2)n1. The van der Waals surface area contributed by atoms with Crippen molar-refractivity contribution in [2.24, 2.45) is 0 Å². The van der Waals surface area contributed by atoms with Crippen LogP contribution in [0.15, 0.2) is 54.7 Å². The number of amides is 1. The van der Waals surface area contributed by atoms with Crippen molar-refractivity contribution in [1.29, 1.82) is 0 Å². The van der Waals surface area contributed by atoms with Gasteiger partial charge in [0.1, 0.15) is 5.82 Å². The van der Waals surface area contributed by atoms with Crippen LogP contribution < -0.4 is 16.4 Å². The highest BCUT2D eigenvalue weighted by Crippen LogP contribution is 2.22. The lowest BCUT2D eigenvalue weighted by Crippen LogP contribution is -2.27. The molecule has 0 atom stereocenters. The highest BCUT2D eigenvalue weighted by molar-refractivity contribution is 6.04. The summed E-state index contributed by atoms with van der Waals surface area (Å²) in [5, 5.41) is 6.04. The van der Waals surface area contributed by atoms with E-state index in [9.17, 15) is 4.79 Å². The van der Waals surface area contributed by atoms with Crippen molar-refractivity contribution in [3.8, 4) is 11.4 Å². The predicted molar refractivity (Wildman–Crippen MR) is 107 cm³/mol. The van der Waals surface area contributed by atoms with Crippen molar-refractivity contribution >= 4 is 23.4 Å². The Labute approximate surface area is 158 Å². The number of anilines is 3. The Hall–Kier alpha value is -3.48. The lowest BCUT2D eigenvalue weighted by Gasteiger charge is -2.21. The van der Waals surface area contributed by atoms with Gasteiger partial charge < -0.3 is 16.4 Å². The molecule has 1 amide bonds. The van der Waals surface area contributed by atoms with Gasteiger partial charge in [-0.05, 0) is 51.1 Å². The summed E-state index contributed by atoms with van der Waals surface area (Å²) in [7, 11) is 0. The molecule has 0 saturated heterocycles. The number of benzene rings is 1. The summed E-state index contributed by atoms with van der Waals surface area (Å²) in [6.45, 7) is 6.03. The largest absolute Gasteiger partial charge is 0.399 e. The number of carbonyl (C=O) groups excluding carboxylic acids is 1. The third-order valence-electron chi connectivity index (χ3n) is 3.53. The number of carbonyl (C=O) groups is 1. The molecule has 7 nitrogen and oxygen atoms in total. The van der Waals surface area contributed by atoms with Crippen LogP contribution in [0.4, 0.5) is 17.5 Å². The summed E-state index contributed by atoms with van der Waals surface area (Å²) >= 11 is 0. The quantitative estimate of drug-likeness (QED) is 0.613. The summed E-state index contributed by atoms with van der Waals surface area (Å²) in [4.78, 5) is 25.8. The normalized spacial score (nSPS) is 11.1. The average Bonchev–Trinajstić information content (AvgIpc) is 2.61. The number of nitrogens with one attached hydrogen (secondary N) is 2. The Morgan fingerprint density at radius 2 is 1.81 bits per heavy atom. The van der Waals surface area contributed by atoms with Crippen molar-refractivity contribution < 1.29 is 4.79 Å². The van der Waals surface area contributed by atoms with Gasteiger partial charge in [-0.15, -0.1) is 0 Å². The Morgan fingerprint density at radius 3 is 2.48 bits per heavy atom. The number of aromatic nitrogens is 3. The molecule has 7 heteroatoms. The molecule has 0 spiro atoms. The highest BCUT2D eigenvalue weighted by atomic mass is 16.1. The van der Waals surface area contributed by atoms with Gasteiger partial charge in [-0.2, -0.15) is 4.98 Å². The summed E-state index contributed by atoms with van der Waals surface area (Å²) in [6, 6.07) is 14.0. The van der Waals surface area contributed by atoms with Gasteiger partial charge in [-0.3, -0.25) is 9.78 Å². The Kier molecular flexibility index (Phi) is 5.03. The third kappa shape index (κ3) is 5.01. The molecule has 0 aliphatic carbocycles. The number of nitrogens with two attached hydrogens (primary N) is 1. The van der Waals surface area contributed by atoms with Gasteiger partial charge in [0.25, 0.3) is 5.91 Å². The Balaban J connectivity index is 1.96. The predicted octanol–water partition coefficient (Wildman–Crippen LogP) is 3.58. The maximum Gasteiger partial charge on any atom is 0.256 e. The lowest BCUT2D eigenvalue weighted by atomic mass is 10.1. The molecule has 0 aliphatic heterocycles. The molecule has 0 saturated carbocycles. The van der Waals surface area contributed by atoms with E-state index in [4.69, 9.17) is 5.73 Å². The van der Waals surface area contributed by atoms with E-state index in [0.717, 1.165) is 0 Å². The summed E-state index contributed by atoms with van der Waals surface area (Å²) in [6.07, 6.45) is 1.69. The number of pyridine rings is 1. The molecule has 2 heterocycles. The number of nitrogen functional groups attached to an aromatic ring is 1. The van der Waals surface area contributed by atoms with E-state index in [1.165, 1.54) is 0 Å².